The van der Waals surface area contributed by atoms with Crippen LogP contribution in [0, 0.1) is 20.2 Å². The Balaban J connectivity index is 0.00000144. The van der Waals surface area contributed by atoms with Crippen molar-refractivity contribution in [3.63, 3.8) is 0 Å². The van der Waals surface area contributed by atoms with Gasteiger partial charge in [-0.05, 0) is 6.07 Å². The van der Waals surface area contributed by atoms with E-state index in [0.717, 1.165) is 6.07 Å². The van der Waals surface area contributed by atoms with Gasteiger partial charge in [0.1, 0.15) is 0 Å². The van der Waals surface area contributed by atoms with E-state index >= 15 is 0 Å². The van der Waals surface area contributed by atoms with Crippen LogP contribution < -0.4 is 0 Å². The van der Waals surface area contributed by atoms with Crippen LogP contribution in [0.25, 0.3) is 0 Å². The summed E-state index contributed by atoms with van der Waals surface area (Å²) in [5, 5.41) is 20.3. The minimum Gasteiger partial charge on any atom is -0.258 e. The fraction of sp³-hybridized carbons (Fsp3) is 0. The molecule has 0 N–H and O–H groups in total. The number of nitro benzene ring substituents is 2. The lowest BCUT2D eigenvalue weighted by molar-refractivity contribution is -0.394. The van der Waals surface area contributed by atoms with Gasteiger partial charge in [0.25, 0.3) is 11.4 Å². The minimum atomic E-state index is -0.674. The largest absolute Gasteiger partial charge is 0.276 e. The predicted octanol–water partition coefficient (Wildman–Crippen LogP) is 1.12. The molecule has 0 aromatic heterocycles. The molecule has 64 valence electrons. The molecule has 0 spiro atoms. The Bertz CT molecular complexity index is 312. The smallest absolute Gasteiger partial charge is 0.258 e. The Labute approximate surface area is 89.0 Å². The van der Waals surface area contributed by atoms with Crippen LogP contribution in [0.3, 0.4) is 0 Å². The zero-order chi connectivity index (χ0) is 9.14. The molecule has 0 unspecified atom stereocenters. The summed E-state index contributed by atoms with van der Waals surface area (Å²) in [5.41, 5.74) is -0.548. The predicted molar refractivity (Wildman–Crippen MR) is 45.5 cm³/mol. The summed E-state index contributed by atoms with van der Waals surface area (Å²) in [6, 6.07) is 4.59. The van der Waals surface area contributed by atoms with Gasteiger partial charge < -0.3 is 0 Å². The van der Waals surface area contributed by atoms with Gasteiger partial charge in [0.15, 0.2) is 0 Å². The minimum absolute atomic E-state index is 0. The normalized spacial score (nSPS) is 8.62. The maximum atomic E-state index is 10.2. The lowest BCUT2D eigenvalue weighted by atomic mass is 10.3. The van der Waals surface area contributed by atoms with Crippen molar-refractivity contribution in [2.24, 2.45) is 0 Å². The maximum Gasteiger partial charge on any atom is 0.276 e. The molecule has 0 aliphatic rings. The number of hydrogen-bond acceptors (Lipinski definition) is 4. The molecule has 0 atom stereocenters. The van der Waals surface area contributed by atoms with Crippen molar-refractivity contribution in [1.29, 1.82) is 0 Å². The van der Waals surface area contributed by atoms with Gasteiger partial charge in [0, 0.05) is 35.2 Å². The standard InChI is InChI=1S/C6H4N2O4.Mg/c9-7(10)5-2-1-3-6(4-5)8(11)12;/h1-4H;. The van der Waals surface area contributed by atoms with Gasteiger partial charge in [-0.1, -0.05) is 0 Å². The summed E-state index contributed by atoms with van der Waals surface area (Å²) < 4.78 is 0. The van der Waals surface area contributed by atoms with E-state index in [1.165, 1.54) is 18.2 Å². The van der Waals surface area contributed by atoms with E-state index in [1.807, 2.05) is 0 Å². The average Bonchev–Trinajstić information content (AvgIpc) is 2.04. The summed E-state index contributed by atoms with van der Waals surface area (Å²) >= 11 is 0. The van der Waals surface area contributed by atoms with Crippen LogP contribution in [-0.4, -0.2) is 32.9 Å². The molecular weight excluding hydrogens is 188 g/mol. The third-order valence-electron chi connectivity index (χ3n) is 1.25. The molecule has 0 heterocycles. The molecule has 0 aliphatic carbocycles. The highest BCUT2D eigenvalue weighted by molar-refractivity contribution is 5.75. The first-order valence-electron chi connectivity index (χ1n) is 3.00. The van der Waals surface area contributed by atoms with Crippen molar-refractivity contribution in [2.45, 2.75) is 0 Å². The quantitative estimate of drug-likeness (QED) is 0.399. The lowest BCUT2D eigenvalue weighted by Crippen LogP contribution is -1.91. The number of nitro groups is 2. The van der Waals surface area contributed by atoms with Crippen LogP contribution in [0.5, 0.6) is 0 Å². The number of non-ortho nitro benzene ring substituents is 2. The van der Waals surface area contributed by atoms with E-state index in [9.17, 15) is 20.2 Å². The number of benzene rings is 1. The second-order valence-corrected chi connectivity index (χ2v) is 2.03. The number of hydrogen-bond donors (Lipinski definition) is 0. The molecular formula is C6H4MgN2O4. The van der Waals surface area contributed by atoms with E-state index < -0.39 is 9.85 Å². The van der Waals surface area contributed by atoms with Gasteiger partial charge in [-0.3, -0.25) is 20.2 Å². The highest BCUT2D eigenvalue weighted by atomic mass is 24.3. The fourth-order valence-electron chi connectivity index (χ4n) is 0.720. The molecule has 0 saturated heterocycles. The van der Waals surface area contributed by atoms with Gasteiger partial charge in [0.05, 0.1) is 15.9 Å². The van der Waals surface area contributed by atoms with Crippen molar-refractivity contribution in [3.8, 4) is 0 Å². The van der Waals surface area contributed by atoms with E-state index in [0.29, 0.717) is 0 Å². The van der Waals surface area contributed by atoms with Gasteiger partial charge >= 0.3 is 0 Å². The Morgan fingerprint density at radius 2 is 1.38 bits per heavy atom. The molecule has 0 aliphatic heterocycles. The van der Waals surface area contributed by atoms with Gasteiger partial charge in [0.2, 0.25) is 0 Å². The van der Waals surface area contributed by atoms with Crippen molar-refractivity contribution >= 4 is 34.4 Å². The molecule has 0 fully saturated rings. The molecule has 2 radical (unpaired) electrons. The first-order chi connectivity index (χ1) is 5.61. The highest BCUT2D eigenvalue weighted by Crippen LogP contribution is 2.18. The molecule has 6 nitrogen and oxygen atoms in total. The molecule has 1 aromatic rings. The third-order valence-corrected chi connectivity index (χ3v) is 1.25. The highest BCUT2D eigenvalue weighted by Gasteiger charge is 2.11. The second-order valence-electron chi connectivity index (χ2n) is 2.03. The molecule has 7 heteroatoms. The van der Waals surface area contributed by atoms with E-state index in [4.69, 9.17) is 0 Å². The summed E-state index contributed by atoms with van der Waals surface area (Å²) in [6.45, 7) is 0. The van der Waals surface area contributed by atoms with Crippen LogP contribution >= 0.6 is 0 Å². The van der Waals surface area contributed by atoms with Crippen molar-refractivity contribution in [1.82, 2.24) is 0 Å². The van der Waals surface area contributed by atoms with Crippen molar-refractivity contribution in [2.75, 3.05) is 0 Å². The maximum absolute atomic E-state index is 10.2. The van der Waals surface area contributed by atoms with Crippen LogP contribution in [0.1, 0.15) is 0 Å². The summed E-state index contributed by atoms with van der Waals surface area (Å²) in [4.78, 5) is 19.0. The van der Waals surface area contributed by atoms with Crippen LogP contribution in [-0.2, 0) is 0 Å². The fourth-order valence-corrected chi connectivity index (χ4v) is 0.720. The SMILES string of the molecule is O=[N+]([O-])c1cccc([N+](=O)[O-])c1.[Mg]. The molecule has 1 aromatic carbocycles. The average molecular weight is 192 g/mol. The van der Waals surface area contributed by atoms with Gasteiger partial charge in [-0.25, -0.2) is 0 Å². The molecule has 13 heavy (non-hydrogen) atoms. The first kappa shape index (κ1) is 11.8. The monoisotopic (exact) mass is 192 g/mol. The van der Waals surface area contributed by atoms with Crippen LogP contribution in [0.4, 0.5) is 11.4 Å². The summed E-state index contributed by atoms with van der Waals surface area (Å²) in [5.74, 6) is 0. The Kier molecular flexibility index (Phi) is 4.28. The summed E-state index contributed by atoms with van der Waals surface area (Å²) in [6.07, 6.45) is 0. The molecule has 0 saturated carbocycles. The van der Waals surface area contributed by atoms with Gasteiger partial charge in [-0.15, -0.1) is 0 Å². The summed E-state index contributed by atoms with van der Waals surface area (Å²) in [7, 11) is 0. The van der Waals surface area contributed by atoms with Crippen LogP contribution in [0.2, 0.25) is 0 Å². The lowest BCUT2D eigenvalue weighted by Gasteiger charge is -1.90. The van der Waals surface area contributed by atoms with Crippen molar-refractivity contribution < 1.29 is 9.85 Å². The van der Waals surface area contributed by atoms with Crippen molar-refractivity contribution in [3.05, 3.63) is 44.5 Å². The Morgan fingerprint density at radius 1 is 1.00 bits per heavy atom. The van der Waals surface area contributed by atoms with E-state index in [-0.39, 0.29) is 34.4 Å². The molecule has 0 bridgehead atoms. The van der Waals surface area contributed by atoms with Gasteiger partial charge in [-0.2, -0.15) is 0 Å². The van der Waals surface area contributed by atoms with E-state index in [2.05, 4.69) is 0 Å². The Morgan fingerprint density at radius 3 is 1.69 bits per heavy atom. The topological polar surface area (TPSA) is 86.3 Å². The third kappa shape index (κ3) is 2.96. The number of rotatable bonds is 2. The Hall–Kier alpha value is -1.21. The molecule has 0 amide bonds. The zero-order valence-corrected chi connectivity index (χ0v) is 7.96. The van der Waals surface area contributed by atoms with E-state index in [1.54, 1.807) is 0 Å². The zero-order valence-electron chi connectivity index (χ0n) is 6.54. The molecule has 1 rings (SSSR count). The first-order valence-corrected chi connectivity index (χ1v) is 3.00. The van der Waals surface area contributed by atoms with Crippen LogP contribution in [0.15, 0.2) is 24.3 Å². The second kappa shape index (κ2) is 4.72. The number of nitrogens with zero attached hydrogens (tertiary/aromatic N) is 2.